The van der Waals surface area contributed by atoms with Crippen LogP contribution < -0.4 is 5.32 Å². The van der Waals surface area contributed by atoms with E-state index in [-0.39, 0.29) is 0 Å². The summed E-state index contributed by atoms with van der Waals surface area (Å²) in [4.78, 5) is 0. The van der Waals surface area contributed by atoms with E-state index in [1.165, 1.54) is 22.3 Å². The molecule has 0 aromatic heterocycles. The second-order valence-corrected chi connectivity index (χ2v) is 6.61. The minimum atomic E-state index is -0.489. The maximum Gasteiger partial charge on any atom is 0.0869 e. The number of benzene rings is 1. The highest BCUT2D eigenvalue weighted by atomic mass is 32.2. The van der Waals surface area contributed by atoms with Gasteiger partial charge < -0.3 is 10.4 Å². The molecule has 0 spiro atoms. The predicted octanol–water partition coefficient (Wildman–Crippen LogP) is 2.57. The first kappa shape index (κ1) is 13.9. The Labute approximate surface area is 114 Å². The van der Waals surface area contributed by atoms with Gasteiger partial charge >= 0.3 is 0 Å². The second kappa shape index (κ2) is 5.64. The molecular formula is C15H23NOS. The SMILES string of the molecule is Cc1cc(C)c(CNCC2(O)CCSC2)c(C)c1. The van der Waals surface area contributed by atoms with Gasteiger partial charge in [0.25, 0.3) is 0 Å². The van der Waals surface area contributed by atoms with Crippen LogP contribution in [0.1, 0.15) is 28.7 Å². The predicted molar refractivity (Wildman–Crippen MR) is 79.3 cm³/mol. The first-order valence-corrected chi connectivity index (χ1v) is 7.73. The van der Waals surface area contributed by atoms with Crippen LogP contribution in [0, 0.1) is 20.8 Å². The van der Waals surface area contributed by atoms with Crippen LogP contribution in [0.4, 0.5) is 0 Å². The summed E-state index contributed by atoms with van der Waals surface area (Å²) in [5.41, 5.74) is 4.88. The first-order valence-electron chi connectivity index (χ1n) is 6.58. The summed E-state index contributed by atoms with van der Waals surface area (Å²) in [6, 6.07) is 4.45. The lowest BCUT2D eigenvalue weighted by molar-refractivity contribution is 0.0674. The summed E-state index contributed by atoms with van der Waals surface area (Å²) in [7, 11) is 0. The molecule has 0 saturated carbocycles. The van der Waals surface area contributed by atoms with Crippen molar-refractivity contribution in [3.05, 3.63) is 34.4 Å². The summed E-state index contributed by atoms with van der Waals surface area (Å²) in [5, 5.41) is 13.7. The van der Waals surface area contributed by atoms with Gasteiger partial charge in [-0.2, -0.15) is 11.8 Å². The van der Waals surface area contributed by atoms with Gasteiger partial charge in [0.15, 0.2) is 0 Å². The Hall–Kier alpha value is -0.510. The third kappa shape index (κ3) is 3.28. The highest BCUT2D eigenvalue weighted by molar-refractivity contribution is 7.99. The normalized spacial score (nSPS) is 23.6. The number of hydrogen-bond acceptors (Lipinski definition) is 3. The fraction of sp³-hybridized carbons (Fsp3) is 0.600. The minimum Gasteiger partial charge on any atom is -0.388 e. The lowest BCUT2D eigenvalue weighted by Crippen LogP contribution is -2.40. The van der Waals surface area contributed by atoms with Crippen molar-refractivity contribution in [1.29, 1.82) is 0 Å². The van der Waals surface area contributed by atoms with E-state index in [1.807, 2.05) is 11.8 Å². The van der Waals surface area contributed by atoms with E-state index in [0.29, 0.717) is 6.54 Å². The van der Waals surface area contributed by atoms with Gasteiger partial charge in [-0.25, -0.2) is 0 Å². The Balaban J connectivity index is 1.94. The number of aryl methyl sites for hydroxylation is 3. The molecule has 1 unspecified atom stereocenters. The molecule has 1 saturated heterocycles. The molecule has 1 aliphatic rings. The molecular weight excluding hydrogens is 242 g/mol. The van der Waals surface area contributed by atoms with Crippen molar-refractivity contribution in [1.82, 2.24) is 5.32 Å². The van der Waals surface area contributed by atoms with Crippen molar-refractivity contribution in [3.63, 3.8) is 0 Å². The maximum atomic E-state index is 10.3. The van der Waals surface area contributed by atoms with Crippen LogP contribution >= 0.6 is 11.8 Å². The van der Waals surface area contributed by atoms with Crippen LogP contribution in [0.2, 0.25) is 0 Å². The maximum absolute atomic E-state index is 10.3. The third-order valence-electron chi connectivity index (χ3n) is 3.68. The monoisotopic (exact) mass is 265 g/mol. The molecule has 0 radical (unpaired) electrons. The first-order chi connectivity index (χ1) is 8.50. The van der Waals surface area contributed by atoms with E-state index >= 15 is 0 Å². The zero-order chi connectivity index (χ0) is 13.2. The summed E-state index contributed by atoms with van der Waals surface area (Å²) >= 11 is 1.85. The Morgan fingerprint density at radius 1 is 1.28 bits per heavy atom. The molecule has 0 bridgehead atoms. The standard InChI is InChI=1S/C15H23NOS/c1-11-6-12(2)14(13(3)7-11)8-16-9-15(17)4-5-18-10-15/h6-7,16-17H,4-5,8-10H2,1-3H3. The van der Waals surface area contributed by atoms with Crippen molar-refractivity contribution in [2.75, 3.05) is 18.1 Å². The summed E-state index contributed by atoms with van der Waals surface area (Å²) in [6.07, 6.45) is 0.913. The molecule has 2 rings (SSSR count). The Morgan fingerprint density at radius 2 is 1.94 bits per heavy atom. The van der Waals surface area contributed by atoms with Gasteiger partial charge in [0.05, 0.1) is 5.60 Å². The van der Waals surface area contributed by atoms with Gasteiger partial charge in [-0.3, -0.25) is 0 Å². The molecule has 0 aliphatic carbocycles. The number of aliphatic hydroxyl groups is 1. The third-order valence-corrected chi connectivity index (χ3v) is 4.91. The van der Waals surface area contributed by atoms with E-state index in [0.717, 1.165) is 24.5 Å². The van der Waals surface area contributed by atoms with Gasteiger partial charge in [-0.05, 0) is 49.6 Å². The van der Waals surface area contributed by atoms with Crippen LogP contribution in [-0.2, 0) is 6.54 Å². The lowest BCUT2D eigenvalue weighted by Gasteiger charge is -2.22. The molecule has 2 nitrogen and oxygen atoms in total. The van der Waals surface area contributed by atoms with Crippen LogP contribution in [0.15, 0.2) is 12.1 Å². The smallest absolute Gasteiger partial charge is 0.0869 e. The van der Waals surface area contributed by atoms with Gasteiger partial charge in [-0.1, -0.05) is 17.7 Å². The number of nitrogens with one attached hydrogen (secondary N) is 1. The molecule has 1 atom stereocenters. The Bertz CT molecular complexity index is 401. The van der Waals surface area contributed by atoms with Gasteiger partial charge in [0, 0.05) is 18.8 Å². The zero-order valence-electron chi connectivity index (χ0n) is 11.5. The van der Waals surface area contributed by atoms with Crippen LogP contribution in [0.5, 0.6) is 0 Å². The average molecular weight is 265 g/mol. The van der Waals surface area contributed by atoms with Gasteiger partial charge in [-0.15, -0.1) is 0 Å². The average Bonchev–Trinajstić information content (AvgIpc) is 2.69. The highest BCUT2D eigenvalue weighted by Gasteiger charge is 2.31. The van der Waals surface area contributed by atoms with E-state index in [9.17, 15) is 5.11 Å². The highest BCUT2D eigenvalue weighted by Crippen LogP contribution is 2.27. The topological polar surface area (TPSA) is 32.3 Å². The van der Waals surface area contributed by atoms with Crippen molar-refractivity contribution in [3.8, 4) is 0 Å². The summed E-state index contributed by atoms with van der Waals surface area (Å²) in [5.74, 6) is 1.95. The zero-order valence-corrected chi connectivity index (χ0v) is 12.4. The summed E-state index contributed by atoms with van der Waals surface area (Å²) in [6.45, 7) is 8.02. The fourth-order valence-electron chi connectivity index (χ4n) is 2.64. The number of rotatable bonds is 4. The van der Waals surface area contributed by atoms with E-state index < -0.39 is 5.60 Å². The van der Waals surface area contributed by atoms with Gasteiger partial charge in [0.1, 0.15) is 0 Å². The largest absolute Gasteiger partial charge is 0.388 e. The van der Waals surface area contributed by atoms with E-state index in [2.05, 4.69) is 38.2 Å². The van der Waals surface area contributed by atoms with Crippen molar-refractivity contribution < 1.29 is 5.11 Å². The fourth-order valence-corrected chi connectivity index (χ4v) is 3.94. The molecule has 1 fully saturated rings. The van der Waals surface area contributed by atoms with Crippen LogP contribution in [-0.4, -0.2) is 28.8 Å². The lowest BCUT2D eigenvalue weighted by atomic mass is 9.99. The van der Waals surface area contributed by atoms with E-state index in [1.54, 1.807) is 0 Å². The molecule has 100 valence electrons. The van der Waals surface area contributed by atoms with Crippen molar-refractivity contribution >= 4 is 11.8 Å². The van der Waals surface area contributed by atoms with Crippen molar-refractivity contribution in [2.45, 2.75) is 39.3 Å². The molecule has 1 aliphatic heterocycles. The molecule has 0 amide bonds. The number of thioether (sulfide) groups is 1. The quantitative estimate of drug-likeness (QED) is 0.877. The van der Waals surface area contributed by atoms with Gasteiger partial charge in [0.2, 0.25) is 0 Å². The van der Waals surface area contributed by atoms with E-state index in [4.69, 9.17) is 0 Å². The minimum absolute atomic E-state index is 0.489. The summed E-state index contributed by atoms with van der Waals surface area (Å²) < 4.78 is 0. The molecule has 1 aromatic carbocycles. The Morgan fingerprint density at radius 3 is 2.50 bits per heavy atom. The second-order valence-electron chi connectivity index (χ2n) is 5.51. The molecule has 3 heteroatoms. The van der Waals surface area contributed by atoms with Crippen LogP contribution in [0.25, 0.3) is 0 Å². The molecule has 18 heavy (non-hydrogen) atoms. The number of hydrogen-bond donors (Lipinski definition) is 2. The van der Waals surface area contributed by atoms with Crippen molar-refractivity contribution in [2.24, 2.45) is 0 Å². The molecule has 2 N–H and O–H groups in total. The Kier molecular flexibility index (Phi) is 4.36. The van der Waals surface area contributed by atoms with Crippen LogP contribution in [0.3, 0.4) is 0 Å². The molecule has 1 aromatic rings. The molecule has 1 heterocycles.